The highest BCUT2D eigenvalue weighted by Crippen LogP contribution is 2.45. The van der Waals surface area contributed by atoms with Gasteiger partial charge in [-0.25, -0.2) is 4.79 Å². The number of ether oxygens (including phenoxy) is 3. The number of ketones is 1. The van der Waals surface area contributed by atoms with Crippen molar-refractivity contribution in [1.29, 1.82) is 0 Å². The number of phenolic OH excluding ortho intramolecular Hbond substituents is 1. The summed E-state index contributed by atoms with van der Waals surface area (Å²) in [7, 11) is 1.45. The molecule has 0 bridgehead atoms. The van der Waals surface area contributed by atoms with Crippen molar-refractivity contribution in [1.82, 2.24) is 0 Å². The van der Waals surface area contributed by atoms with Crippen LogP contribution in [-0.2, 0) is 30.3 Å². The van der Waals surface area contributed by atoms with Crippen LogP contribution in [0, 0.1) is 11.8 Å². The molecule has 0 radical (unpaired) electrons. The maximum Gasteiger partial charge on any atom is 0.330 e. The second-order valence-electron chi connectivity index (χ2n) is 7.65. The van der Waals surface area contributed by atoms with Crippen LogP contribution in [0.2, 0.25) is 0 Å². The standard InChI is InChI=1S/C22H26O8/c1-12(29-20(25)9-7-13-6-8-17(28-2)16(23)10-13)21(26)14-11-15(14)22(27)18-4-3-5-19(24)30-18/h3,5-6,8,10,12,14-15,18,22-23,27H,4,7,9,11H2,1-2H3/t12-,14-,15-,18+,22-/m0/s1. The Balaban J connectivity index is 1.44. The summed E-state index contributed by atoms with van der Waals surface area (Å²) >= 11 is 0. The number of phenols is 1. The van der Waals surface area contributed by atoms with Crippen molar-refractivity contribution < 1.29 is 38.8 Å². The van der Waals surface area contributed by atoms with Gasteiger partial charge in [0.2, 0.25) is 0 Å². The van der Waals surface area contributed by atoms with E-state index in [1.807, 2.05) is 0 Å². The quantitative estimate of drug-likeness (QED) is 0.582. The highest BCUT2D eigenvalue weighted by Gasteiger charge is 2.51. The third kappa shape index (κ3) is 5.18. The Labute approximate surface area is 174 Å². The molecule has 1 aromatic rings. The minimum absolute atomic E-state index is 0.00983. The third-order valence-corrected chi connectivity index (χ3v) is 5.48. The van der Waals surface area contributed by atoms with Crippen LogP contribution in [0.3, 0.4) is 0 Å². The van der Waals surface area contributed by atoms with E-state index in [1.54, 1.807) is 18.2 Å². The maximum absolute atomic E-state index is 12.5. The van der Waals surface area contributed by atoms with Crippen LogP contribution in [0.25, 0.3) is 0 Å². The number of aliphatic hydroxyl groups is 1. The van der Waals surface area contributed by atoms with Crippen molar-refractivity contribution in [2.75, 3.05) is 7.11 Å². The van der Waals surface area contributed by atoms with Gasteiger partial charge in [0.25, 0.3) is 0 Å². The summed E-state index contributed by atoms with van der Waals surface area (Å²) in [6, 6.07) is 4.87. The average molecular weight is 418 g/mol. The molecule has 1 aliphatic carbocycles. The Morgan fingerprint density at radius 2 is 2.10 bits per heavy atom. The zero-order valence-electron chi connectivity index (χ0n) is 16.9. The molecule has 1 heterocycles. The molecule has 0 amide bonds. The Morgan fingerprint density at radius 1 is 1.33 bits per heavy atom. The fraction of sp³-hybridized carbons (Fsp3) is 0.500. The molecule has 1 aromatic carbocycles. The minimum atomic E-state index is -0.919. The second-order valence-corrected chi connectivity index (χ2v) is 7.65. The summed E-state index contributed by atoms with van der Waals surface area (Å²) in [5.41, 5.74) is 0.741. The van der Waals surface area contributed by atoms with Gasteiger partial charge in [-0.05, 0) is 43.4 Å². The smallest absolute Gasteiger partial charge is 0.330 e. The Morgan fingerprint density at radius 3 is 2.77 bits per heavy atom. The van der Waals surface area contributed by atoms with Crippen LogP contribution in [0.15, 0.2) is 30.4 Å². The molecule has 8 nitrogen and oxygen atoms in total. The highest BCUT2D eigenvalue weighted by atomic mass is 16.6. The summed E-state index contributed by atoms with van der Waals surface area (Å²) in [6.45, 7) is 1.52. The number of aliphatic hydroxyl groups excluding tert-OH is 1. The lowest BCUT2D eigenvalue weighted by atomic mass is 10.0. The van der Waals surface area contributed by atoms with E-state index < -0.39 is 36.2 Å². The Hall–Kier alpha value is -2.87. The normalized spacial score (nSPS) is 24.5. The van der Waals surface area contributed by atoms with Gasteiger partial charge in [-0.15, -0.1) is 0 Å². The van der Waals surface area contributed by atoms with Crippen LogP contribution < -0.4 is 4.74 Å². The van der Waals surface area contributed by atoms with Gasteiger partial charge in [-0.2, -0.15) is 0 Å². The molecule has 0 saturated heterocycles. The number of rotatable bonds is 9. The van der Waals surface area contributed by atoms with Crippen molar-refractivity contribution in [3.63, 3.8) is 0 Å². The molecule has 1 fully saturated rings. The first-order valence-electron chi connectivity index (χ1n) is 9.94. The number of methoxy groups -OCH3 is 1. The van der Waals surface area contributed by atoms with Gasteiger partial charge in [0.15, 0.2) is 23.4 Å². The first-order chi connectivity index (χ1) is 14.3. The topological polar surface area (TPSA) is 119 Å². The molecule has 2 N–H and O–H groups in total. The van der Waals surface area contributed by atoms with Gasteiger partial charge in [-0.3, -0.25) is 9.59 Å². The SMILES string of the molecule is COc1ccc(CCC(=O)O[C@@H](C)C(=O)[C@H]2C[C@@H]2[C@H](O)[C@H]2CC=CC(=O)O2)cc1O. The maximum atomic E-state index is 12.5. The van der Waals surface area contributed by atoms with Crippen molar-refractivity contribution in [3.8, 4) is 11.5 Å². The van der Waals surface area contributed by atoms with Gasteiger partial charge in [0.05, 0.1) is 13.2 Å². The molecule has 1 aliphatic heterocycles. The molecule has 162 valence electrons. The van der Waals surface area contributed by atoms with Gasteiger partial charge in [-0.1, -0.05) is 12.1 Å². The van der Waals surface area contributed by atoms with Crippen LogP contribution in [-0.4, -0.2) is 53.4 Å². The van der Waals surface area contributed by atoms with E-state index in [0.717, 1.165) is 5.56 Å². The van der Waals surface area contributed by atoms with E-state index in [1.165, 1.54) is 26.2 Å². The van der Waals surface area contributed by atoms with Gasteiger partial charge >= 0.3 is 11.9 Å². The van der Waals surface area contributed by atoms with E-state index in [0.29, 0.717) is 25.0 Å². The fourth-order valence-corrected chi connectivity index (χ4v) is 3.69. The first-order valence-corrected chi connectivity index (χ1v) is 9.94. The number of esters is 2. The number of carbonyl (C=O) groups excluding carboxylic acids is 3. The number of hydrogen-bond donors (Lipinski definition) is 2. The molecule has 0 unspecified atom stereocenters. The predicted molar refractivity (Wildman–Crippen MR) is 105 cm³/mol. The summed E-state index contributed by atoms with van der Waals surface area (Å²) in [5.74, 6) is -1.63. The van der Waals surface area contributed by atoms with Crippen LogP contribution >= 0.6 is 0 Å². The number of cyclic esters (lactones) is 1. The van der Waals surface area contributed by atoms with Crippen LogP contribution in [0.4, 0.5) is 0 Å². The molecule has 30 heavy (non-hydrogen) atoms. The van der Waals surface area contributed by atoms with Crippen LogP contribution in [0.5, 0.6) is 11.5 Å². The summed E-state index contributed by atoms with van der Waals surface area (Å²) < 4.78 is 15.3. The number of benzene rings is 1. The molecule has 5 atom stereocenters. The molecule has 1 saturated carbocycles. The summed E-state index contributed by atoms with van der Waals surface area (Å²) in [6.07, 6.45) is 1.77. The number of Topliss-reactive ketones (excluding diaryl/α,β-unsaturated/α-hetero) is 1. The van der Waals surface area contributed by atoms with E-state index in [9.17, 15) is 24.6 Å². The third-order valence-electron chi connectivity index (χ3n) is 5.48. The van der Waals surface area contributed by atoms with Gasteiger partial charge in [0, 0.05) is 24.8 Å². The average Bonchev–Trinajstić information content (AvgIpc) is 3.52. The summed E-state index contributed by atoms with van der Waals surface area (Å²) in [4.78, 5) is 36.0. The first kappa shape index (κ1) is 21.8. The number of carbonyl (C=O) groups is 3. The predicted octanol–water partition coefficient (Wildman–Crippen LogP) is 1.70. The monoisotopic (exact) mass is 418 g/mol. The molecule has 0 spiro atoms. The zero-order chi connectivity index (χ0) is 21.8. The zero-order valence-corrected chi connectivity index (χ0v) is 16.9. The van der Waals surface area contributed by atoms with E-state index in [-0.39, 0.29) is 23.9 Å². The summed E-state index contributed by atoms with van der Waals surface area (Å²) in [5, 5.41) is 20.2. The number of aryl methyl sites for hydroxylation is 1. The van der Waals surface area contributed by atoms with Crippen molar-refractivity contribution in [2.45, 2.75) is 50.9 Å². The fourth-order valence-electron chi connectivity index (χ4n) is 3.69. The second kappa shape index (κ2) is 9.30. The largest absolute Gasteiger partial charge is 0.504 e. The van der Waals surface area contributed by atoms with E-state index >= 15 is 0 Å². The van der Waals surface area contributed by atoms with E-state index in [4.69, 9.17) is 14.2 Å². The molecule has 2 aliphatic rings. The molecule has 0 aromatic heterocycles. The number of aromatic hydroxyl groups is 1. The minimum Gasteiger partial charge on any atom is -0.504 e. The molecule has 3 rings (SSSR count). The van der Waals surface area contributed by atoms with Crippen LogP contribution in [0.1, 0.15) is 31.7 Å². The van der Waals surface area contributed by atoms with Gasteiger partial charge < -0.3 is 24.4 Å². The molecule has 8 heteroatoms. The van der Waals surface area contributed by atoms with Gasteiger partial charge in [0.1, 0.15) is 6.10 Å². The number of hydrogen-bond acceptors (Lipinski definition) is 8. The lowest BCUT2D eigenvalue weighted by molar-refractivity contribution is -0.155. The molecular weight excluding hydrogens is 392 g/mol. The Bertz CT molecular complexity index is 846. The highest BCUT2D eigenvalue weighted by molar-refractivity contribution is 5.89. The van der Waals surface area contributed by atoms with Crippen molar-refractivity contribution >= 4 is 17.7 Å². The lowest BCUT2D eigenvalue weighted by Gasteiger charge is -2.24. The van der Waals surface area contributed by atoms with Crippen molar-refractivity contribution in [3.05, 3.63) is 35.9 Å². The lowest BCUT2D eigenvalue weighted by Crippen LogP contribution is -2.35. The van der Waals surface area contributed by atoms with Crippen molar-refractivity contribution in [2.24, 2.45) is 11.8 Å². The Kier molecular flexibility index (Phi) is 6.77. The molecular formula is C22H26O8. The van der Waals surface area contributed by atoms with E-state index in [2.05, 4.69) is 0 Å².